The number of carbonyl (C=O) groups is 2. The van der Waals surface area contributed by atoms with Gasteiger partial charge in [-0.1, -0.05) is 12.1 Å². The zero-order chi connectivity index (χ0) is 32.4. The molecular formula is C26H18N4O12S2. The lowest BCUT2D eigenvalue weighted by Gasteiger charge is -2.09. The molecule has 16 nitrogen and oxygen atoms in total. The zero-order valence-electron chi connectivity index (χ0n) is 21.7. The van der Waals surface area contributed by atoms with Gasteiger partial charge in [0.2, 0.25) is 0 Å². The van der Waals surface area contributed by atoms with Crippen LogP contribution in [0.15, 0.2) is 103 Å². The van der Waals surface area contributed by atoms with Crippen molar-refractivity contribution < 1.29 is 56.0 Å². The number of phenols is 2. The largest absolute Gasteiger partial charge is 0.507 e. The molecule has 0 spiro atoms. The summed E-state index contributed by atoms with van der Waals surface area (Å²) in [6.45, 7) is 0. The normalized spacial score (nSPS) is 12.1. The van der Waals surface area contributed by atoms with Gasteiger partial charge in [-0.05, 0) is 71.8 Å². The lowest BCUT2D eigenvalue weighted by atomic mass is 10.0. The molecule has 0 heterocycles. The number of hydrogen-bond acceptors (Lipinski definition) is 12. The average molecular weight is 643 g/mol. The predicted octanol–water partition coefficient (Wildman–Crippen LogP) is 5.49. The van der Waals surface area contributed by atoms with E-state index in [2.05, 4.69) is 20.5 Å². The maximum atomic E-state index is 12.2. The first kappa shape index (κ1) is 31.4. The fourth-order valence-electron chi connectivity index (χ4n) is 3.70. The predicted molar refractivity (Wildman–Crippen MR) is 150 cm³/mol. The fourth-order valence-corrected chi connectivity index (χ4v) is 5.00. The van der Waals surface area contributed by atoms with Gasteiger partial charge in [-0.25, -0.2) is 9.59 Å². The molecule has 18 heteroatoms. The van der Waals surface area contributed by atoms with Crippen molar-refractivity contribution >= 4 is 54.9 Å². The quantitative estimate of drug-likeness (QED) is 0.0977. The number of benzene rings is 4. The summed E-state index contributed by atoms with van der Waals surface area (Å²) in [6.07, 6.45) is 0. The minimum atomic E-state index is -4.94. The number of rotatable bonds is 9. The van der Waals surface area contributed by atoms with E-state index < -0.39 is 64.6 Å². The van der Waals surface area contributed by atoms with Gasteiger partial charge in [-0.15, -0.1) is 10.2 Å². The Labute approximate surface area is 247 Å². The van der Waals surface area contributed by atoms with E-state index in [1.807, 2.05) is 0 Å². The molecule has 4 rings (SSSR count). The van der Waals surface area contributed by atoms with Gasteiger partial charge < -0.3 is 20.4 Å². The van der Waals surface area contributed by atoms with E-state index in [1.54, 1.807) is 0 Å². The third-order valence-corrected chi connectivity index (χ3v) is 7.54. The van der Waals surface area contributed by atoms with Gasteiger partial charge in [0.05, 0.1) is 11.4 Å². The van der Waals surface area contributed by atoms with Crippen LogP contribution >= 0.6 is 0 Å². The number of azo groups is 2. The Balaban J connectivity index is 1.74. The van der Waals surface area contributed by atoms with Crippen LogP contribution in [0.5, 0.6) is 11.5 Å². The van der Waals surface area contributed by atoms with Crippen molar-refractivity contribution in [2.75, 3.05) is 0 Å². The van der Waals surface area contributed by atoms with Gasteiger partial charge in [0.1, 0.15) is 43.8 Å². The molecule has 0 amide bonds. The molecule has 6 N–H and O–H groups in total. The van der Waals surface area contributed by atoms with Gasteiger partial charge in [-0.3, -0.25) is 9.11 Å². The summed E-state index contributed by atoms with van der Waals surface area (Å²) in [5.74, 6) is -3.98. The lowest BCUT2D eigenvalue weighted by Crippen LogP contribution is -2.00. The van der Waals surface area contributed by atoms with Gasteiger partial charge >= 0.3 is 11.9 Å². The second-order valence-corrected chi connectivity index (χ2v) is 11.5. The van der Waals surface area contributed by atoms with Crippen molar-refractivity contribution in [3.63, 3.8) is 0 Å². The number of carboxylic acid groups (broad SMARTS) is 2. The SMILES string of the molecule is O=C(O)c1cc(/N=N/c2ccc(-c3ccc(/N=N/c4ccc(O)c(C(=O)O)c4)c(S(=O)(=O)O)c3)cc2S(=O)(=O)O)ccc1O. The first-order valence-corrected chi connectivity index (χ1v) is 14.6. The maximum Gasteiger partial charge on any atom is 0.339 e. The minimum absolute atomic E-state index is 0.0346. The molecule has 0 fully saturated rings. The standard InChI is InChI=1S/C26H18N4O12S2/c31-21-7-3-15(11-17(21)25(33)34)27-29-19-5-1-13(9-23(19)43(37,38)39)14-2-6-20(24(10-14)44(40,41)42)30-28-16-4-8-22(32)18(12-16)26(35)36/h1-12,31-32H,(H,33,34)(H,35,36)(H,37,38,39)(H,40,41,42)/b29-27+,30-28+. The van der Waals surface area contributed by atoms with Crippen molar-refractivity contribution in [3.8, 4) is 22.6 Å². The highest BCUT2D eigenvalue weighted by Crippen LogP contribution is 2.36. The second-order valence-electron chi connectivity index (χ2n) is 8.73. The van der Waals surface area contributed by atoms with Crippen LogP contribution in [0, 0.1) is 0 Å². The number of aromatic hydroxyl groups is 2. The summed E-state index contributed by atoms with van der Waals surface area (Å²) in [5.41, 5.74) is -1.80. The Morgan fingerprint density at radius 1 is 0.523 bits per heavy atom. The van der Waals surface area contributed by atoms with Gasteiger partial charge in [0, 0.05) is 0 Å². The van der Waals surface area contributed by atoms with E-state index in [4.69, 9.17) is 10.2 Å². The van der Waals surface area contributed by atoms with Crippen LogP contribution < -0.4 is 0 Å². The highest BCUT2D eigenvalue weighted by atomic mass is 32.2. The second kappa shape index (κ2) is 12.0. The van der Waals surface area contributed by atoms with E-state index in [1.165, 1.54) is 24.3 Å². The topological polar surface area (TPSA) is 273 Å². The molecule has 0 bridgehead atoms. The number of carboxylic acids is 2. The van der Waals surface area contributed by atoms with Crippen LogP contribution in [-0.4, -0.2) is 58.3 Å². The smallest absolute Gasteiger partial charge is 0.339 e. The van der Waals surface area contributed by atoms with Crippen molar-refractivity contribution in [3.05, 3.63) is 83.9 Å². The first-order valence-electron chi connectivity index (χ1n) is 11.7. The molecule has 0 unspecified atom stereocenters. The van der Waals surface area contributed by atoms with Crippen LogP contribution in [0.1, 0.15) is 20.7 Å². The molecule has 4 aromatic rings. The summed E-state index contributed by atoms with van der Waals surface area (Å²) in [7, 11) is -9.89. The molecule has 44 heavy (non-hydrogen) atoms. The molecule has 0 atom stereocenters. The zero-order valence-corrected chi connectivity index (χ0v) is 23.3. The summed E-state index contributed by atoms with van der Waals surface area (Å²) < 4.78 is 68.2. The highest BCUT2D eigenvalue weighted by molar-refractivity contribution is 7.86. The van der Waals surface area contributed by atoms with Crippen molar-refractivity contribution in [2.24, 2.45) is 20.5 Å². The Morgan fingerprint density at radius 2 is 0.886 bits per heavy atom. The van der Waals surface area contributed by atoms with Gasteiger partial charge in [0.15, 0.2) is 0 Å². The summed E-state index contributed by atoms with van der Waals surface area (Å²) >= 11 is 0. The van der Waals surface area contributed by atoms with E-state index >= 15 is 0 Å². The van der Waals surface area contributed by atoms with Crippen LogP contribution in [0.4, 0.5) is 22.7 Å². The maximum absolute atomic E-state index is 12.2. The molecule has 0 aliphatic carbocycles. The number of aromatic carboxylic acids is 2. The minimum Gasteiger partial charge on any atom is -0.507 e. The van der Waals surface area contributed by atoms with Crippen LogP contribution in [0.3, 0.4) is 0 Å². The molecule has 0 saturated carbocycles. The van der Waals surface area contributed by atoms with Crippen molar-refractivity contribution in [1.29, 1.82) is 0 Å². The molecule has 0 aliphatic heterocycles. The molecule has 0 radical (unpaired) electrons. The van der Waals surface area contributed by atoms with Crippen LogP contribution in [0.25, 0.3) is 11.1 Å². The molecule has 226 valence electrons. The Bertz CT molecular complexity index is 1960. The third kappa shape index (κ3) is 7.07. The number of hydrogen-bond donors (Lipinski definition) is 6. The van der Waals surface area contributed by atoms with E-state index in [9.17, 15) is 45.7 Å². The summed E-state index contributed by atoms with van der Waals surface area (Å²) in [4.78, 5) is 20.9. The summed E-state index contributed by atoms with van der Waals surface area (Å²) in [5, 5.41) is 52.5. The van der Waals surface area contributed by atoms with Crippen molar-refractivity contribution in [1.82, 2.24) is 0 Å². The molecule has 0 aromatic heterocycles. The Morgan fingerprint density at radius 3 is 1.20 bits per heavy atom. The van der Waals surface area contributed by atoms with Gasteiger partial charge in [0.25, 0.3) is 20.2 Å². The number of nitrogens with zero attached hydrogens (tertiary/aromatic N) is 4. The Kier molecular flexibility index (Phi) is 8.54. The fraction of sp³-hybridized carbons (Fsp3) is 0. The average Bonchev–Trinajstić information content (AvgIpc) is 2.95. The molecule has 0 saturated heterocycles. The van der Waals surface area contributed by atoms with E-state index in [0.717, 1.165) is 48.5 Å². The van der Waals surface area contributed by atoms with Crippen LogP contribution in [-0.2, 0) is 20.2 Å². The molecule has 4 aromatic carbocycles. The van der Waals surface area contributed by atoms with Crippen LogP contribution in [0.2, 0.25) is 0 Å². The van der Waals surface area contributed by atoms with E-state index in [0.29, 0.717) is 0 Å². The molecular weight excluding hydrogens is 624 g/mol. The first-order chi connectivity index (χ1) is 20.5. The monoisotopic (exact) mass is 642 g/mol. The molecule has 0 aliphatic rings. The lowest BCUT2D eigenvalue weighted by molar-refractivity contribution is 0.0682. The van der Waals surface area contributed by atoms with Gasteiger partial charge in [-0.2, -0.15) is 27.1 Å². The summed E-state index contributed by atoms with van der Waals surface area (Å²) in [6, 6.07) is 13.1. The highest BCUT2D eigenvalue weighted by Gasteiger charge is 2.21. The Hall–Kier alpha value is -5.56. The third-order valence-electron chi connectivity index (χ3n) is 5.78. The van der Waals surface area contributed by atoms with Crippen molar-refractivity contribution in [2.45, 2.75) is 9.79 Å². The van der Waals surface area contributed by atoms with E-state index in [-0.39, 0.29) is 33.9 Å².